The lowest BCUT2D eigenvalue weighted by Crippen LogP contribution is -2.36. The number of hydrogen-bond acceptors (Lipinski definition) is 6. The fraction of sp³-hybridized carbons (Fsp3) is 0.333. The number of nitrogens with one attached hydrogen (secondary N) is 1. The van der Waals surface area contributed by atoms with E-state index in [2.05, 4.69) is 15.2 Å². The Labute approximate surface area is 151 Å². The highest BCUT2D eigenvalue weighted by Gasteiger charge is 2.13. The maximum atomic E-state index is 11.6. The van der Waals surface area contributed by atoms with Gasteiger partial charge in [0.1, 0.15) is 6.61 Å². The van der Waals surface area contributed by atoms with E-state index in [1.807, 2.05) is 47.9 Å². The number of benzene rings is 1. The molecule has 1 saturated heterocycles. The molecule has 7 heteroatoms. The minimum atomic E-state index is -0.430. The number of carbonyl (C=O) groups excluding carboxylic acids is 1. The number of ether oxygens (including phenoxy) is 2. The minimum Gasteiger partial charge on any atom is -0.445 e. The number of hydrogen-bond donors (Lipinski definition) is 1. The predicted octanol–water partition coefficient (Wildman–Crippen LogP) is 2.92. The number of alkyl carbamates (subject to hydrolysis) is 1. The number of thiazole rings is 1. The first-order valence-corrected chi connectivity index (χ1v) is 9.08. The fourth-order valence-electron chi connectivity index (χ4n) is 2.35. The van der Waals surface area contributed by atoms with Crippen LogP contribution in [0.5, 0.6) is 0 Å². The van der Waals surface area contributed by atoms with E-state index in [0.29, 0.717) is 6.54 Å². The van der Waals surface area contributed by atoms with Crippen LogP contribution in [0, 0.1) is 0 Å². The van der Waals surface area contributed by atoms with Gasteiger partial charge in [-0.05, 0) is 11.6 Å². The van der Waals surface area contributed by atoms with Crippen molar-refractivity contribution in [2.45, 2.75) is 6.61 Å². The lowest BCUT2D eigenvalue weighted by Gasteiger charge is -2.25. The Morgan fingerprint density at radius 1 is 1.32 bits per heavy atom. The SMILES string of the molecule is O=C(NCC=Cc1csc(N2CCOCC2)n1)OCc1ccccc1. The smallest absolute Gasteiger partial charge is 0.407 e. The van der Waals surface area contributed by atoms with E-state index in [1.54, 1.807) is 11.3 Å². The average Bonchev–Trinajstić information content (AvgIpc) is 3.14. The van der Waals surface area contributed by atoms with Crippen LogP contribution in [-0.4, -0.2) is 43.9 Å². The maximum absolute atomic E-state index is 11.6. The maximum Gasteiger partial charge on any atom is 0.407 e. The number of morpholine rings is 1. The third-order valence-electron chi connectivity index (χ3n) is 3.66. The Bertz CT molecular complexity index is 697. The van der Waals surface area contributed by atoms with Crippen LogP contribution in [-0.2, 0) is 16.1 Å². The van der Waals surface area contributed by atoms with Crippen molar-refractivity contribution in [3.05, 3.63) is 53.0 Å². The molecule has 132 valence electrons. The Morgan fingerprint density at radius 3 is 2.92 bits per heavy atom. The van der Waals surface area contributed by atoms with Gasteiger partial charge in [0.2, 0.25) is 0 Å². The molecule has 25 heavy (non-hydrogen) atoms. The van der Waals surface area contributed by atoms with Crippen molar-refractivity contribution in [1.82, 2.24) is 10.3 Å². The van der Waals surface area contributed by atoms with Crippen molar-refractivity contribution >= 4 is 28.6 Å². The number of amides is 1. The zero-order valence-corrected chi connectivity index (χ0v) is 14.7. The van der Waals surface area contributed by atoms with Gasteiger partial charge < -0.3 is 19.7 Å². The molecule has 2 heterocycles. The van der Waals surface area contributed by atoms with E-state index in [1.165, 1.54) is 0 Å². The number of anilines is 1. The normalized spacial score (nSPS) is 14.6. The average molecular weight is 359 g/mol. The van der Waals surface area contributed by atoms with Crippen LogP contribution in [0.1, 0.15) is 11.3 Å². The van der Waals surface area contributed by atoms with Crippen molar-refractivity contribution in [2.75, 3.05) is 37.7 Å². The number of carbonyl (C=O) groups is 1. The quantitative estimate of drug-likeness (QED) is 0.859. The summed E-state index contributed by atoms with van der Waals surface area (Å²) in [5, 5.41) is 5.72. The van der Waals surface area contributed by atoms with E-state index in [0.717, 1.165) is 42.7 Å². The largest absolute Gasteiger partial charge is 0.445 e. The number of rotatable bonds is 6. The van der Waals surface area contributed by atoms with Crippen LogP contribution < -0.4 is 10.2 Å². The molecule has 1 N–H and O–H groups in total. The Kier molecular flexibility index (Phi) is 6.42. The van der Waals surface area contributed by atoms with Gasteiger partial charge in [-0.1, -0.05) is 36.4 Å². The fourth-order valence-corrected chi connectivity index (χ4v) is 3.20. The van der Waals surface area contributed by atoms with Gasteiger partial charge in [-0.15, -0.1) is 11.3 Å². The van der Waals surface area contributed by atoms with Crippen LogP contribution in [0.3, 0.4) is 0 Å². The molecule has 1 aliphatic rings. The summed E-state index contributed by atoms with van der Waals surface area (Å²) >= 11 is 1.62. The number of nitrogens with zero attached hydrogens (tertiary/aromatic N) is 2. The predicted molar refractivity (Wildman–Crippen MR) is 98.8 cm³/mol. The second-order valence-electron chi connectivity index (χ2n) is 5.50. The molecular weight excluding hydrogens is 338 g/mol. The second kappa shape index (κ2) is 9.19. The zero-order valence-electron chi connectivity index (χ0n) is 13.9. The third-order valence-corrected chi connectivity index (χ3v) is 4.58. The molecule has 2 aromatic rings. The molecule has 1 amide bonds. The van der Waals surface area contributed by atoms with Crippen LogP contribution in [0.4, 0.5) is 9.93 Å². The summed E-state index contributed by atoms with van der Waals surface area (Å²) in [4.78, 5) is 18.5. The molecular formula is C18H21N3O3S. The van der Waals surface area contributed by atoms with Crippen molar-refractivity contribution in [1.29, 1.82) is 0 Å². The van der Waals surface area contributed by atoms with Crippen molar-refractivity contribution < 1.29 is 14.3 Å². The molecule has 1 aromatic carbocycles. The topological polar surface area (TPSA) is 63.7 Å². The van der Waals surface area contributed by atoms with E-state index in [-0.39, 0.29) is 6.61 Å². The summed E-state index contributed by atoms with van der Waals surface area (Å²) in [5.74, 6) is 0. The van der Waals surface area contributed by atoms with Crippen molar-refractivity contribution in [3.8, 4) is 0 Å². The van der Waals surface area contributed by atoms with Crippen LogP contribution in [0.25, 0.3) is 6.08 Å². The summed E-state index contributed by atoms with van der Waals surface area (Å²) in [6, 6.07) is 9.59. The van der Waals surface area contributed by atoms with Crippen LogP contribution in [0.15, 0.2) is 41.8 Å². The van der Waals surface area contributed by atoms with E-state index in [4.69, 9.17) is 9.47 Å². The van der Waals surface area contributed by atoms with Gasteiger partial charge in [0.05, 0.1) is 18.9 Å². The Morgan fingerprint density at radius 2 is 2.12 bits per heavy atom. The molecule has 6 nitrogen and oxygen atoms in total. The Hall–Kier alpha value is -2.38. The third kappa shape index (κ3) is 5.58. The highest BCUT2D eigenvalue weighted by Crippen LogP contribution is 2.21. The molecule has 1 fully saturated rings. The first-order chi connectivity index (χ1) is 12.3. The van der Waals surface area contributed by atoms with Gasteiger partial charge in [-0.3, -0.25) is 0 Å². The summed E-state index contributed by atoms with van der Waals surface area (Å²) in [6.45, 7) is 3.93. The molecule has 0 atom stereocenters. The van der Waals surface area contributed by atoms with Gasteiger partial charge >= 0.3 is 6.09 Å². The second-order valence-corrected chi connectivity index (χ2v) is 6.34. The van der Waals surface area contributed by atoms with E-state index >= 15 is 0 Å². The van der Waals surface area contributed by atoms with E-state index in [9.17, 15) is 4.79 Å². The van der Waals surface area contributed by atoms with Gasteiger partial charge in [-0.2, -0.15) is 0 Å². The molecule has 1 aliphatic heterocycles. The lowest BCUT2D eigenvalue weighted by molar-refractivity contribution is 0.122. The number of aromatic nitrogens is 1. The molecule has 0 unspecified atom stereocenters. The summed E-state index contributed by atoms with van der Waals surface area (Å²) in [5.41, 5.74) is 1.86. The summed E-state index contributed by atoms with van der Waals surface area (Å²) in [6.07, 6.45) is 3.33. The highest BCUT2D eigenvalue weighted by atomic mass is 32.1. The van der Waals surface area contributed by atoms with Crippen molar-refractivity contribution in [3.63, 3.8) is 0 Å². The molecule has 0 aliphatic carbocycles. The Balaban J connectivity index is 1.38. The summed E-state index contributed by atoms with van der Waals surface area (Å²) < 4.78 is 10.5. The van der Waals surface area contributed by atoms with Crippen molar-refractivity contribution in [2.24, 2.45) is 0 Å². The standard InChI is InChI=1S/C18H21N3O3S/c22-18(24-13-15-5-2-1-3-6-15)19-8-4-7-16-14-25-17(20-16)21-9-11-23-12-10-21/h1-7,14H,8-13H2,(H,19,22). The zero-order chi connectivity index (χ0) is 17.3. The van der Waals surface area contributed by atoms with Gasteiger partial charge in [0, 0.05) is 25.0 Å². The molecule has 3 rings (SSSR count). The van der Waals surface area contributed by atoms with Gasteiger partial charge in [0.25, 0.3) is 0 Å². The van der Waals surface area contributed by atoms with Gasteiger partial charge in [-0.25, -0.2) is 9.78 Å². The molecule has 0 radical (unpaired) electrons. The molecule has 0 spiro atoms. The summed E-state index contributed by atoms with van der Waals surface area (Å²) in [7, 11) is 0. The minimum absolute atomic E-state index is 0.269. The molecule has 1 aromatic heterocycles. The first-order valence-electron chi connectivity index (χ1n) is 8.20. The van der Waals surface area contributed by atoms with Crippen LogP contribution >= 0.6 is 11.3 Å². The molecule has 0 bridgehead atoms. The van der Waals surface area contributed by atoms with Crippen LogP contribution in [0.2, 0.25) is 0 Å². The first kappa shape index (κ1) is 17.4. The van der Waals surface area contributed by atoms with E-state index < -0.39 is 6.09 Å². The lowest BCUT2D eigenvalue weighted by atomic mass is 10.2. The van der Waals surface area contributed by atoms with Gasteiger partial charge in [0.15, 0.2) is 5.13 Å². The molecule has 0 saturated carbocycles. The monoisotopic (exact) mass is 359 g/mol. The highest BCUT2D eigenvalue weighted by molar-refractivity contribution is 7.13.